The second-order valence-electron chi connectivity index (χ2n) is 27.4. The minimum Gasteiger partial charge on any atom is -0.423 e. The van der Waals surface area contributed by atoms with Gasteiger partial charge in [0.2, 0.25) is 0 Å². The van der Waals surface area contributed by atoms with Crippen molar-refractivity contribution >= 4 is 47.8 Å². The van der Waals surface area contributed by atoms with Crippen LogP contribution in [-0.2, 0) is 38.4 Å². The quantitative estimate of drug-likeness (QED) is 0.0551. The summed E-state index contributed by atoms with van der Waals surface area (Å²) in [7, 11) is 0. The molecule has 5 fully saturated rings. The highest BCUT2D eigenvalue weighted by molar-refractivity contribution is 5.93. The molecule has 3 aromatic rings. The van der Waals surface area contributed by atoms with Crippen LogP contribution in [0, 0.1) is 41.4 Å². The molecule has 0 unspecified atom stereocenters. The molecule has 0 bridgehead atoms. The fourth-order valence-corrected chi connectivity index (χ4v) is 13.5. The number of rotatable bonds is 21. The van der Waals surface area contributed by atoms with E-state index in [0.717, 1.165) is 129 Å². The molecule has 0 amide bonds. The van der Waals surface area contributed by atoms with E-state index in [1.54, 1.807) is 39.0 Å². The van der Waals surface area contributed by atoms with Gasteiger partial charge in [0, 0.05) is 75.4 Å². The zero-order chi connectivity index (χ0) is 70.5. The summed E-state index contributed by atoms with van der Waals surface area (Å²) in [6.07, 6.45) is 26.6. The summed E-state index contributed by atoms with van der Waals surface area (Å²) in [6.45, 7) is 43.0. The van der Waals surface area contributed by atoms with Crippen LogP contribution in [0.15, 0.2) is 141 Å². The van der Waals surface area contributed by atoms with Crippen LogP contribution in [0.2, 0.25) is 0 Å². The lowest BCUT2D eigenvalue weighted by molar-refractivity contribution is -0.132. The topological polar surface area (TPSA) is 210 Å². The maximum Gasteiger partial charge on any atom is 0.338 e. The lowest BCUT2D eigenvalue weighted by Crippen LogP contribution is -2.25. The van der Waals surface area contributed by atoms with Crippen molar-refractivity contribution in [2.75, 3.05) is 0 Å². The van der Waals surface area contributed by atoms with Crippen LogP contribution in [-0.4, -0.2) is 47.8 Å². The summed E-state index contributed by atoms with van der Waals surface area (Å²) < 4.78 is 43.5. The molecule has 524 valence electrons. The first-order chi connectivity index (χ1) is 45.5. The van der Waals surface area contributed by atoms with Gasteiger partial charge in [-0.1, -0.05) is 119 Å². The normalized spacial score (nSPS) is 22.6. The lowest BCUT2D eigenvalue weighted by Gasteiger charge is -2.37. The Hall–Kier alpha value is -8.66. The Balaban J connectivity index is 0.000000263. The van der Waals surface area contributed by atoms with E-state index in [9.17, 15) is 38.4 Å². The first-order valence-electron chi connectivity index (χ1n) is 34.0. The number of esters is 8. The van der Waals surface area contributed by atoms with Gasteiger partial charge in [-0.25, -0.2) is 38.4 Å². The van der Waals surface area contributed by atoms with Gasteiger partial charge in [-0.15, -0.1) is 0 Å². The Bertz CT molecular complexity index is 3430. The SMILES string of the molecule is C.C=CC(=O)Oc1cc(C2CCC(C)CC2)c(OC(=O)C(=C)C)cc1OC(=O)C(=C)C.C=CC(=O)Oc1cc(C2CCC(C3CCC(C)CC3)CC2)c(OC(=O)C(=C)C)cc1OC(=O)C(=C)C.C=CC(=O)Oc1cc(OC(=O)C(=C)C)cc(C2CCC(C3CCC(C)CC3)CC2)c1. The minimum atomic E-state index is -0.697. The summed E-state index contributed by atoms with van der Waals surface area (Å²) in [5.74, 6) is 2.58. The molecule has 0 heterocycles. The molecule has 0 aromatic heterocycles. The number of benzene rings is 3. The molecule has 5 saturated carbocycles. The molecule has 16 nitrogen and oxygen atoms in total. The fourth-order valence-electron chi connectivity index (χ4n) is 13.5. The van der Waals surface area contributed by atoms with Gasteiger partial charge in [-0.2, -0.15) is 0 Å². The molecule has 97 heavy (non-hydrogen) atoms. The monoisotopic (exact) mass is 1330 g/mol. The largest absolute Gasteiger partial charge is 0.423 e. The highest BCUT2D eigenvalue weighted by Crippen LogP contribution is 2.50. The number of carbonyl (C=O) groups is 8. The van der Waals surface area contributed by atoms with E-state index >= 15 is 0 Å². The Labute approximate surface area is 575 Å². The maximum atomic E-state index is 12.4. The third-order valence-corrected chi connectivity index (χ3v) is 19.3. The van der Waals surface area contributed by atoms with Crippen molar-refractivity contribution in [3.8, 4) is 46.0 Å². The van der Waals surface area contributed by atoms with Crippen LogP contribution in [0.4, 0.5) is 0 Å². The number of ether oxygens (including phenoxy) is 8. The van der Waals surface area contributed by atoms with Crippen molar-refractivity contribution in [3.05, 3.63) is 158 Å². The van der Waals surface area contributed by atoms with Gasteiger partial charge >= 0.3 is 47.8 Å². The molecule has 0 saturated heterocycles. The molecule has 3 aromatic carbocycles. The van der Waals surface area contributed by atoms with E-state index in [1.165, 1.54) is 90.2 Å². The van der Waals surface area contributed by atoms with Gasteiger partial charge in [0.25, 0.3) is 0 Å². The fraction of sp³-hybridized carbons (Fsp3) is 0.481. The number of carbonyl (C=O) groups excluding carboxylic acids is 8. The zero-order valence-corrected chi connectivity index (χ0v) is 57.9. The van der Waals surface area contributed by atoms with Crippen LogP contribution in [0.25, 0.3) is 0 Å². The summed E-state index contributed by atoms with van der Waals surface area (Å²) in [5.41, 5.74) is 3.69. The van der Waals surface area contributed by atoms with Crippen molar-refractivity contribution in [1.82, 2.24) is 0 Å². The summed E-state index contributed by atoms with van der Waals surface area (Å²) in [5, 5.41) is 0. The molecular formula is C81H104O16. The molecule has 16 heteroatoms. The van der Waals surface area contributed by atoms with Crippen molar-refractivity contribution in [2.45, 2.75) is 209 Å². The Morgan fingerprint density at radius 1 is 0.309 bits per heavy atom. The van der Waals surface area contributed by atoms with Crippen LogP contribution in [0.1, 0.15) is 226 Å². The van der Waals surface area contributed by atoms with Crippen molar-refractivity contribution in [3.63, 3.8) is 0 Å². The summed E-state index contributed by atoms with van der Waals surface area (Å²) in [4.78, 5) is 96.5. The molecule has 0 N–H and O–H groups in total. The van der Waals surface area contributed by atoms with E-state index in [-0.39, 0.29) is 76.1 Å². The Morgan fingerprint density at radius 2 is 0.557 bits per heavy atom. The first kappa shape index (κ1) is 79.0. The Morgan fingerprint density at radius 3 is 0.876 bits per heavy atom. The van der Waals surface area contributed by atoms with E-state index < -0.39 is 47.8 Å². The smallest absolute Gasteiger partial charge is 0.338 e. The highest BCUT2D eigenvalue weighted by atomic mass is 16.6. The summed E-state index contributed by atoms with van der Waals surface area (Å²) in [6, 6.07) is 11.5. The number of hydrogen-bond acceptors (Lipinski definition) is 16. The molecule has 0 spiro atoms. The predicted molar refractivity (Wildman–Crippen MR) is 378 cm³/mol. The minimum absolute atomic E-state index is 0. The van der Waals surface area contributed by atoms with Crippen molar-refractivity contribution in [2.24, 2.45) is 41.4 Å². The highest BCUT2D eigenvalue weighted by Gasteiger charge is 2.35. The van der Waals surface area contributed by atoms with Crippen molar-refractivity contribution in [1.29, 1.82) is 0 Å². The average molecular weight is 1330 g/mol. The molecule has 0 aliphatic heterocycles. The average Bonchev–Trinajstić information content (AvgIpc) is 0.803. The summed E-state index contributed by atoms with van der Waals surface area (Å²) >= 11 is 0. The van der Waals surface area contributed by atoms with Crippen LogP contribution in [0.3, 0.4) is 0 Å². The molecule has 0 atom stereocenters. The van der Waals surface area contributed by atoms with Gasteiger partial charge in [-0.05, 0) is 214 Å². The third kappa shape index (κ3) is 23.8. The second-order valence-corrected chi connectivity index (χ2v) is 27.4. The van der Waals surface area contributed by atoms with Crippen LogP contribution in [0.5, 0.6) is 46.0 Å². The number of hydrogen-bond donors (Lipinski definition) is 0. The lowest BCUT2D eigenvalue weighted by atomic mass is 9.68. The first-order valence-corrected chi connectivity index (χ1v) is 34.0. The standard InChI is InChI=1S/C30H38O6.C26H34O4.C24H28O6.CH4/c1-7-28(31)34-26-16-24(23-14-12-22(13-15-23)21-10-8-20(6)9-11-21)25(35-29(32)18(2)3)17-27(26)36-30(33)19(4)5;1-5-25(27)29-23-14-22(15-24(16-23)30-26(28)17(2)3)21-12-10-20(11-13-21)19-8-6-18(4)7-9-19;1-7-22(25)28-20-12-18(17-10-8-16(6)9-11-17)19(29-23(26)14(2)3)13-21(20)30-24(27)15(4)5;/h7,16-17,20-23H,1-2,4,8-15H2,3,5-6H3;5,14-16,18-21H,1-2,6-13H2,3-4H3;7,12-13,16-17H,1-2,4,8-11H2,3,5-6H3;1H4. The maximum absolute atomic E-state index is 12.4. The van der Waals surface area contributed by atoms with Crippen LogP contribution < -0.4 is 37.9 Å². The van der Waals surface area contributed by atoms with E-state index in [2.05, 4.69) is 73.4 Å². The van der Waals surface area contributed by atoms with Gasteiger partial charge < -0.3 is 37.9 Å². The van der Waals surface area contributed by atoms with Gasteiger partial charge in [-0.3, -0.25) is 0 Å². The predicted octanol–water partition coefficient (Wildman–Crippen LogP) is 18.9. The Kier molecular flexibility index (Phi) is 30.8. The van der Waals surface area contributed by atoms with Gasteiger partial charge in [0.15, 0.2) is 23.0 Å². The van der Waals surface area contributed by atoms with E-state index in [4.69, 9.17) is 37.9 Å². The van der Waals surface area contributed by atoms with Crippen LogP contribution >= 0.6 is 0 Å². The molecule has 5 aliphatic carbocycles. The van der Waals surface area contributed by atoms with Gasteiger partial charge in [0.05, 0.1) is 0 Å². The molecule has 8 rings (SSSR count). The van der Waals surface area contributed by atoms with E-state index in [0.29, 0.717) is 34.8 Å². The van der Waals surface area contributed by atoms with E-state index in [1.807, 2.05) is 12.1 Å². The third-order valence-electron chi connectivity index (χ3n) is 19.3. The molecular weight excluding hydrogens is 1230 g/mol. The zero-order valence-electron chi connectivity index (χ0n) is 57.9. The second kappa shape index (κ2) is 37.7. The van der Waals surface area contributed by atoms with Gasteiger partial charge in [0.1, 0.15) is 23.0 Å². The van der Waals surface area contributed by atoms with Crippen molar-refractivity contribution < 1.29 is 76.3 Å². The molecule has 0 radical (unpaired) electrons. The molecule has 5 aliphatic rings.